The molecular formula is C16H36N2. The van der Waals surface area contributed by atoms with Crippen LogP contribution < -0.4 is 5.73 Å². The second-order valence-corrected chi connectivity index (χ2v) is 7.06. The maximum Gasteiger partial charge on any atom is 0.0336 e. The number of hydrogen-bond acceptors (Lipinski definition) is 2. The van der Waals surface area contributed by atoms with Crippen LogP contribution in [0.2, 0.25) is 0 Å². The highest BCUT2D eigenvalue weighted by Gasteiger charge is 2.35. The molecule has 0 aromatic heterocycles. The van der Waals surface area contributed by atoms with E-state index >= 15 is 0 Å². The molecule has 0 bridgehead atoms. The van der Waals surface area contributed by atoms with Gasteiger partial charge in [0.25, 0.3) is 0 Å². The highest BCUT2D eigenvalue weighted by Crippen LogP contribution is 2.31. The molecule has 0 aliphatic heterocycles. The third kappa shape index (κ3) is 5.71. The molecule has 0 fully saturated rings. The summed E-state index contributed by atoms with van der Waals surface area (Å²) in [5, 5.41) is 0. The summed E-state index contributed by atoms with van der Waals surface area (Å²) in [6, 6.07) is 0. The van der Waals surface area contributed by atoms with E-state index in [0.717, 1.165) is 19.6 Å². The monoisotopic (exact) mass is 256 g/mol. The molecule has 0 amide bonds. The Labute approximate surface area is 115 Å². The van der Waals surface area contributed by atoms with Crippen molar-refractivity contribution in [1.82, 2.24) is 4.90 Å². The van der Waals surface area contributed by atoms with Crippen LogP contribution >= 0.6 is 0 Å². The van der Waals surface area contributed by atoms with Crippen LogP contribution in [-0.4, -0.2) is 30.1 Å². The lowest BCUT2D eigenvalue weighted by molar-refractivity contribution is 0.0477. The number of nitrogens with two attached hydrogens (primary N) is 1. The summed E-state index contributed by atoms with van der Waals surface area (Å²) in [6.07, 6.45) is 2.42. The fourth-order valence-corrected chi connectivity index (χ4v) is 3.26. The predicted octanol–water partition coefficient (Wildman–Crippen LogP) is 3.75. The van der Waals surface area contributed by atoms with E-state index in [1.54, 1.807) is 0 Å². The van der Waals surface area contributed by atoms with Gasteiger partial charge in [0.15, 0.2) is 0 Å². The number of nitrogens with zero attached hydrogens (tertiary/aromatic N) is 1. The second kappa shape index (κ2) is 8.16. The van der Waals surface area contributed by atoms with Gasteiger partial charge in [0.2, 0.25) is 0 Å². The van der Waals surface area contributed by atoms with Gasteiger partial charge in [-0.2, -0.15) is 0 Å². The van der Waals surface area contributed by atoms with E-state index in [1.165, 1.54) is 12.8 Å². The summed E-state index contributed by atoms with van der Waals surface area (Å²) >= 11 is 0. The van der Waals surface area contributed by atoms with E-state index in [4.69, 9.17) is 5.73 Å². The van der Waals surface area contributed by atoms with E-state index in [2.05, 4.69) is 53.4 Å². The zero-order chi connectivity index (χ0) is 14.3. The minimum absolute atomic E-state index is 0.196. The quantitative estimate of drug-likeness (QED) is 0.680. The van der Waals surface area contributed by atoms with E-state index in [0.29, 0.717) is 17.8 Å². The summed E-state index contributed by atoms with van der Waals surface area (Å²) in [5.74, 6) is 2.11. The lowest BCUT2D eigenvalue weighted by atomic mass is 9.80. The van der Waals surface area contributed by atoms with Crippen molar-refractivity contribution in [2.24, 2.45) is 23.5 Å². The Kier molecular flexibility index (Phi) is 8.13. The molecule has 2 N–H and O–H groups in total. The van der Waals surface area contributed by atoms with Crippen LogP contribution in [0.25, 0.3) is 0 Å². The average Bonchev–Trinajstić information content (AvgIpc) is 2.23. The van der Waals surface area contributed by atoms with Crippen molar-refractivity contribution in [3.05, 3.63) is 0 Å². The van der Waals surface area contributed by atoms with Crippen LogP contribution in [0.1, 0.15) is 61.3 Å². The lowest BCUT2D eigenvalue weighted by Gasteiger charge is -2.46. The molecule has 0 saturated carbocycles. The minimum atomic E-state index is 0.196. The van der Waals surface area contributed by atoms with Gasteiger partial charge < -0.3 is 5.73 Å². The first-order valence-electron chi connectivity index (χ1n) is 7.72. The van der Waals surface area contributed by atoms with Gasteiger partial charge in [0.1, 0.15) is 0 Å². The Hall–Kier alpha value is -0.0800. The first-order valence-corrected chi connectivity index (χ1v) is 7.72. The molecule has 0 aromatic rings. The molecule has 0 atom stereocenters. The molecule has 0 unspecified atom stereocenters. The maximum atomic E-state index is 6.21. The van der Waals surface area contributed by atoms with Crippen LogP contribution in [0.15, 0.2) is 0 Å². The zero-order valence-corrected chi connectivity index (χ0v) is 13.8. The van der Waals surface area contributed by atoms with Crippen molar-refractivity contribution in [2.75, 3.05) is 19.6 Å². The molecule has 2 heteroatoms. The summed E-state index contributed by atoms with van der Waals surface area (Å²) < 4.78 is 0. The van der Waals surface area contributed by atoms with Crippen molar-refractivity contribution >= 4 is 0 Å². The summed E-state index contributed by atoms with van der Waals surface area (Å²) in [7, 11) is 0. The first-order chi connectivity index (χ1) is 8.27. The third-order valence-corrected chi connectivity index (χ3v) is 3.59. The predicted molar refractivity (Wildman–Crippen MR) is 82.8 cm³/mol. The first kappa shape index (κ1) is 17.9. The molecule has 18 heavy (non-hydrogen) atoms. The largest absolute Gasteiger partial charge is 0.329 e. The van der Waals surface area contributed by atoms with Crippen LogP contribution in [0, 0.1) is 17.8 Å². The molecule has 0 radical (unpaired) electrons. The van der Waals surface area contributed by atoms with E-state index in [-0.39, 0.29) is 5.54 Å². The van der Waals surface area contributed by atoms with Crippen molar-refractivity contribution < 1.29 is 0 Å². The molecule has 0 rings (SSSR count). The zero-order valence-electron chi connectivity index (χ0n) is 13.8. The van der Waals surface area contributed by atoms with Gasteiger partial charge in [0, 0.05) is 18.6 Å². The Balaban J connectivity index is 5.09. The topological polar surface area (TPSA) is 29.3 Å². The van der Waals surface area contributed by atoms with Crippen molar-refractivity contribution in [1.29, 1.82) is 0 Å². The third-order valence-electron chi connectivity index (χ3n) is 3.59. The van der Waals surface area contributed by atoms with Gasteiger partial charge in [0.05, 0.1) is 0 Å². The van der Waals surface area contributed by atoms with Gasteiger partial charge in [-0.25, -0.2) is 0 Å². The summed E-state index contributed by atoms with van der Waals surface area (Å²) in [5.41, 5.74) is 6.41. The second-order valence-electron chi connectivity index (χ2n) is 7.06. The molecule has 0 aromatic carbocycles. The highest BCUT2D eigenvalue weighted by atomic mass is 15.2. The fraction of sp³-hybridized carbons (Fsp3) is 1.00. The lowest BCUT2D eigenvalue weighted by Crippen LogP contribution is -2.56. The van der Waals surface area contributed by atoms with Crippen LogP contribution in [0.3, 0.4) is 0 Å². The Morgan fingerprint density at radius 1 is 0.889 bits per heavy atom. The highest BCUT2D eigenvalue weighted by molar-refractivity contribution is 4.93. The Morgan fingerprint density at radius 2 is 1.33 bits per heavy atom. The molecule has 0 aliphatic rings. The fourth-order valence-electron chi connectivity index (χ4n) is 3.26. The molecule has 2 nitrogen and oxygen atoms in total. The van der Waals surface area contributed by atoms with Gasteiger partial charge in [-0.15, -0.1) is 0 Å². The SMILES string of the molecule is CCN(CC(C)C)C(CN)(CC(C)C)CC(C)C. The molecule has 110 valence electrons. The smallest absolute Gasteiger partial charge is 0.0336 e. The Bertz CT molecular complexity index is 199. The van der Waals surface area contributed by atoms with Gasteiger partial charge in [-0.05, 0) is 37.1 Å². The normalized spacial score (nSPS) is 13.3. The number of hydrogen-bond donors (Lipinski definition) is 1. The number of likely N-dealkylation sites (N-methyl/N-ethyl adjacent to an activating group) is 1. The van der Waals surface area contributed by atoms with Crippen molar-refractivity contribution in [3.63, 3.8) is 0 Å². The van der Waals surface area contributed by atoms with E-state index in [1.807, 2.05) is 0 Å². The molecule has 0 heterocycles. The van der Waals surface area contributed by atoms with E-state index < -0.39 is 0 Å². The van der Waals surface area contributed by atoms with Crippen molar-refractivity contribution in [2.45, 2.75) is 66.8 Å². The molecule has 0 aliphatic carbocycles. The van der Waals surface area contributed by atoms with Gasteiger partial charge in [-0.1, -0.05) is 48.5 Å². The molecular weight excluding hydrogens is 220 g/mol. The summed E-state index contributed by atoms with van der Waals surface area (Å²) in [6.45, 7) is 19.2. The van der Waals surface area contributed by atoms with E-state index in [9.17, 15) is 0 Å². The molecule has 0 spiro atoms. The van der Waals surface area contributed by atoms with Crippen LogP contribution in [0.4, 0.5) is 0 Å². The van der Waals surface area contributed by atoms with Crippen molar-refractivity contribution in [3.8, 4) is 0 Å². The standard InChI is InChI=1S/C16H36N2/c1-8-18(11-15(6)7)16(12-17,9-13(2)3)10-14(4)5/h13-15H,8-12,17H2,1-7H3. The maximum absolute atomic E-state index is 6.21. The van der Waals surface area contributed by atoms with Crippen LogP contribution in [-0.2, 0) is 0 Å². The average molecular weight is 256 g/mol. The Morgan fingerprint density at radius 3 is 1.56 bits per heavy atom. The minimum Gasteiger partial charge on any atom is -0.329 e. The molecule has 0 saturated heterocycles. The van der Waals surface area contributed by atoms with Crippen LogP contribution in [0.5, 0.6) is 0 Å². The summed E-state index contributed by atoms with van der Waals surface area (Å²) in [4.78, 5) is 2.64. The van der Waals surface area contributed by atoms with Gasteiger partial charge >= 0.3 is 0 Å². The number of rotatable bonds is 9. The van der Waals surface area contributed by atoms with Gasteiger partial charge in [-0.3, -0.25) is 4.90 Å².